The molecule has 0 aromatic heterocycles. The molecule has 1 aliphatic rings. The third-order valence-electron chi connectivity index (χ3n) is 6.00. The predicted octanol–water partition coefficient (Wildman–Crippen LogP) is 6.02. The van der Waals surface area contributed by atoms with Crippen molar-refractivity contribution >= 4 is 23.1 Å². The fraction of sp³-hybridized carbons (Fsp3) is 0.241. The normalized spacial score (nSPS) is 16.6. The van der Waals surface area contributed by atoms with E-state index in [1.54, 1.807) is 50.2 Å². The molecular formula is C29H26F3NO7. The number of hydrogen-bond acceptors (Lipinski definition) is 7. The van der Waals surface area contributed by atoms with Crippen LogP contribution < -0.4 is 23.8 Å². The van der Waals surface area contributed by atoms with Crippen LogP contribution in [0.2, 0.25) is 0 Å². The summed E-state index contributed by atoms with van der Waals surface area (Å²) in [5.41, 5.74) is 0.162. The Hall–Kier alpha value is -4.67. The van der Waals surface area contributed by atoms with E-state index in [1.807, 2.05) is 0 Å². The number of nitrogens with zero attached hydrogens (tertiary/aromatic N) is 1. The molecule has 0 bridgehead atoms. The quantitative estimate of drug-likeness (QED) is 0.195. The number of rotatable bonds is 9. The maximum Gasteiger partial charge on any atom is 0.573 e. The lowest BCUT2D eigenvalue weighted by atomic mass is 9.94. The topological polar surface area (TPSA) is 94.5 Å². The first-order valence-corrected chi connectivity index (χ1v) is 12.3. The molecule has 40 heavy (non-hydrogen) atoms. The number of methoxy groups -OCH3 is 1. The van der Waals surface area contributed by atoms with Crippen molar-refractivity contribution in [2.24, 2.45) is 0 Å². The largest absolute Gasteiger partial charge is 0.573 e. The average molecular weight is 558 g/mol. The van der Waals surface area contributed by atoms with E-state index in [2.05, 4.69) is 4.74 Å². The van der Waals surface area contributed by atoms with Crippen LogP contribution in [0.5, 0.6) is 23.0 Å². The second kappa shape index (κ2) is 11.6. The van der Waals surface area contributed by atoms with Crippen LogP contribution >= 0.6 is 0 Å². The van der Waals surface area contributed by atoms with Gasteiger partial charge in [-0.2, -0.15) is 0 Å². The van der Waals surface area contributed by atoms with Crippen LogP contribution in [0.15, 0.2) is 72.3 Å². The third-order valence-corrected chi connectivity index (χ3v) is 6.00. The molecule has 1 atom stereocenters. The first-order valence-electron chi connectivity index (χ1n) is 12.3. The Morgan fingerprint density at radius 1 is 0.900 bits per heavy atom. The summed E-state index contributed by atoms with van der Waals surface area (Å²) in [5.74, 6) is -2.13. The predicted molar refractivity (Wildman–Crippen MR) is 140 cm³/mol. The number of aliphatic hydroxyl groups is 1. The van der Waals surface area contributed by atoms with Gasteiger partial charge < -0.3 is 24.1 Å². The number of carbonyl (C=O) groups excluding carboxylic acids is 2. The molecule has 1 N–H and O–H groups in total. The molecule has 4 rings (SSSR count). The Kier molecular flexibility index (Phi) is 8.22. The van der Waals surface area contributed by atoms with Crippen LogP contribution in [-0.4, -0.2) is 43.5 Å². The molecule has 1 unspecified atom stereocenters. The number of amides is 1. The third kappa shape index (κ3) is 5.83. The first-order chi connectivity index (χ1) is 19.1. The average Bonchev–Trinajstić information content (AvgIpc) is 3.18. The summed E-state index contributed by atoms with van der Waals surface area (Å²) in [4.78, 5) is 27.9. The van der Waals surface area contributed by atoms with Crippen molar-refractivity contribution in [1.29, 1.82) is 0 Å². The van der Waals surface area contributed by atoms with Crippen LogP contribution in [0.4, 0.5) is 18.9 Å². The summed E-state index contributed by atoms with van der Waals surface area (Å²) in [7, 11) is 1.43. The van der Waals surface area contributed by atoms with Crippen molar-refractivity contribution in [3.63, 3.8) is 0 Å². The van der Waals surface area contributed by atoms with Crippen molar-refractivity contribution in [3.8, 4) is 23.0 Å². The van der Waals surface area contributed by atoms with Gasteiger partial charge in [0.05, 0.1) is 37.5 Å². The fourth-order valence-electron chi connectivity index (χ4n) is 4.43. The molecule has 1 aliphatic heterocycles. The second-order valence-corrected chi connectivity index (χ2v) is 8.51. The van der Waals surface area contributed by atoms with Gasteiger partial charge in [0.15, 0.2) is 0 Å². The summed E-state index contributed by atoms with van der Waals surface area (Å²) < 4.78 is 59.3. The summed E-state index contributed by atoms with van der Waals surface area (Å²) in [5, 5.41) is 11.5. The maximum atomic E-state index is 13.5. The first kappa shape index (κ1) is 28.3. The molecule has 1 heterocycles. The Morgan fingerprint density at radius 2 is 1.60 bits per heavy atom. The van der Waals surface area contributed by atoms with Crippen LogP contribution in [0.1, 0.15) is 31.0 Å². The van der Waals surface area contributed by atoms with Gasteiger partial charge in [0.1, 0.15) is 28.8 Å². The molecule has 1 saturated heterocycles. The zero-order valence-corrected chi connectivity index (χ0v) is 21.8. The molecular weight excluding hydrogens is 531 g/mol. The highest BCUT2D eigenvalue weighted by molar-refractivity contribution is 6.51. The molecule has 3 aromatic rings. The Labute approximate surface area is 228 Å². The van der Waals surface area contributed by atoms with E-state index in [0.717, 1.165) is 17.0 Å². The minimum absolute atomic E-state index is 0.0487. The number of hydrogen-bond donors (Lipinski definition) is 1. The van der Waals surface area contributed by atoms with Crippen molar-refractivity contribution in [2.45, 2.75) is 26.3 Å². The van der Waals surface area contributed by atoms with Crippen molar-refractivity contribution < 1.29 is 46.8 Å². The van der Waals surface area contributed by atoms with Crippen LogP contribution in [-0.2, 0) is 9.59 Å². The second-order valence-electron chi connectivity index (χ2n) is 8.51. The van der Waals surface area contributed by atoms with Gasteiger partial charge >= 0.3 is 6.36 Å². The van der Waals surface area contributed by atoms with Gasteiger partial charge in [0.25, 0.3) is 11.7 Å². The molecule has 210 valence electrons. The molecule has 11 heteroatoms. The maximum absolute atomic E-state index is 13.5. The minimum Gasteiger partial charge on any atom is -0.507 e. The molecule has 3 aromatic carbocycles. The van der Waals surface area contributed by atoms with Gasteiger partial charge in [-0.1, -0.05) is 18.2 Å². The zero-order valence-electron chi connectivity index (χ0n) is 21.8. The highest BCUT2D eigenvalue weighted by Crippen LogP contribution is 2.45. The van der Waals surface area contributed by atoms with E-state index in [1.165, 1.54) is 25.3 Å². The minimum atomic E-state index is -4.97. The van der Waals surface area contributed by atoms with E-state index in [0.29, 0.717) is 23.7 Å². The summed E-state index contributed by atoms with van der Waals surface area (Å²) in [6.45, 7) is 4.16. The number of ether oxygens (including phenoxy) is 4. The number of Topliss-reactive ketones (excluding diaryl/α,β-unsaturated/α-hetero) is 1. The van der Waals surface area contributed by atoms with Gasteiger partial charge in [-0.15, -0.1) is 13.2 Å². The monoisotopic (exact) mass is 557 g/mol. The Balaban J connectivity index is 1.94. The molecule has 8 nitrogen and oxygen atoms in total. The Morgan fingerprint density at radius 3 is 2.27 bits per heavy atom. The number of anilines is 1. The molecule has 0 saturated carbocycles. The van der Waals surface area contributed by atoms with Gasteiger partial charge in [-0.05, 0) is 55.8 Å². The van der Waals surface area contributed by atoms with Gasteiger partial charge in [0, 0.05) is 17.8 Å². The van der Waals surface area contributed by atoms with Crippen LogP contribution in [0, 0.1) is 0 Å². The number of carbonyl (C=O) groups is 2. The lowest BCUT2D eigenvalue weighted by Crippen LogP contribution is -2.29. The van der Waals surface area contributed by atoms with Gasteiger partial charge in [-0.25, -0.2) is 0 Å². The van der Waals surface area contributed by atoms with Gasteiger partial charge in [-0.3, -0.25) is 14.5 Å². The van der Waals surface area contributed by atoms with Crippen LogP contribution in [0.3, 0.4) is 0 Å². The highest BCUT2D eigenvalue weighted by Gasteiger charge is 2.47. The number of halogens is 3. The molecule has 0 aliphatic carbocycles. The molecule has 1 amide bonds. The molecule has 1 fully saturated rings. The fourth-order valence-corrected chi connectivity index (χ4v) is 4.43. The van der Waals surface area contributed by atoms with Crippen molar-refractivity contribution in [1.82, 2.24) is 0 Å². The van der Waals surface area contributed by atoms with E-state index in [-0.39, 0.29) is 29.2 Å². The van der Waals surface area contributed by atoms with E-state index in [4.69, 9.17) is 14.2 Å². The standard InChI is InChI=1S/C29H26F3NO7/c1-4-38-20-12-13-22(23(16-20)39-5-2)26(34)24-25(17-8-6-10-19(14-17)37-3)33(28(36)27(24)35)18-9-7-11-21(15-18)40-29(30,31)32/h6-16,25,34H,4-5H2,1-3H3/b26-24-. The van der Waals surface area contributed by atoms with Gasteiger partial charge in [0.2, 0.25) is 0 Å². The summed E-state index contributed by atoms with van der Waals surface area (Å²) in [6.07, 6.45) is -4.97. The Bertz CT molecular complexity index is 1450. The van der Waals surface area contributed by atoms with E-state index >= 15 is 0 Å². The number of alkyl halides is 3. The summed E-state index contributed by atoms with van der Waals surface area (Å²) >= 11 is 0. The number of ketones is 1. The van der Waals surface area contributed by atoms with Crippen molar-refractivity contribution in [3.05, 3.63) is 83.4 Å². The highest BCUT2D eigenvalue weighted by atomic mass is 19.4. The molecule has 0 spiro atoms. The van der Waals surface area contributed by atoms with Crippen molar-refractivity contribution in [2.75, 3.05) is 25.2 Å². The SMILES string of the molecule is CCOc1ccc(/C(O)=C2/C(=O)C(=O)N(c3cccc(OC(F)(F)F)c3)C2c2cccc(OC)c2)c(OCC)c1. The molecule has 0 radical (unpaired) electrons. The zero-order chi connectivity index (χ0) is 29.0. The van der Waals surface area contributed by atoms with E-state index in [9.17, 15) is 27.9 Å². The number of aliphatic hydroxyl groups excluding tert-OH is 1. The van der Waals surface area contributed by atoms with Crippen LogP contribution in [0.25, 0.3) is 5.76 Å². The number of benzene rings is 3. The lowest BCUT2D eigenvalue weighted by molar-refractivity contribution is -0.274. The lowest BCUT2D eigenvalue weighted by Gasteiger charge is -2.26. The summed E-state index contributed by atoms with van der Waals surface area (Å²) in [6, 6.07) is 14.5. The van der Waals surface area contributed by atoms with E-state index < -0.39 is 35.6 Å². The smallest absolute Gasteiger partial charge is 0.507 e.